The number of aromatic nitrogens is 2. The van der Waals surface area contributed by atoms with Crippen molar-refractivity contribution in [2.45, 2.75) is 6.92 Å². The Balaban J connectivity index is 2.30. The minimum Gasteiger partial charge on any atom is -0.439 e. The summed E-state index contributed by atoms with van der Waals surface area (Å²) in [6.45, 7) is 1.69. The lowest BCUT2D eigenvalue weighted by Crippen LogP contribution is -2.08. The topological polar surface area (TPSA) is 81.0 Å². The Labute approximate surface area is 91.9 Å². The lowest BCUT2D eigenvalue weighted by molar-refractivity contribution is 0.459. The average Bonchev–Trinajstić information content (AvgIpc) is 2.15. The highest BCUT2D eigenvalue weighted by atomic mass is 16.5. The molecule has 2 aromatic rings. The number of benzene rings is 1. The van der Waals surface area contributed by atoms with Gasteiger partial charge in [0.1, 0.15) is 11.6 Å². The molecule has 16 heavy (non-hydrogen) atoms. The molecule has 1 aromatic heterocycles. The molecule has 2 rings (SSSR count). The normalized spacial score (nSPS) is 10.1. The summed E-state index contributed by atoms with van der Waals surface area (Å²) >= 11 is 0. The zero-order valence-corrected chi connectivity index (χ0v) is 8.73. The fraction of sp³-hybridized carbons (Fsp3) is 0.0909. The molecule has 0 saturated heterocycles. The number of nitrogen functional groups attached to an aromatic ring is 1. The van der Waals surface area contributed by atoms with Crippen LogP contribution in [0.5, 0.6) is 11.6 Å². The van der Waals surface area contributed by atoms with Crippen LogP contribution in [-0.2, 0) is 0 Å². The first-order valence-electron chi connectivity index (χ1n) is 4.75. The summed E-state index contributed by atoms with van der Waals surface area (Å²) in [5, 5.41) is 0. The third-order valence-corrected chi connectivity index (χ3v) is 1.92. The molecular weight excluding hydrogens is 206 g/mol. The summed E-state index contributed by atoms with van der Waals surface area (Å²) in [6.07, 6.45) is 0. The van der Waals surface area contributed by atoms with Gasteiger partial charge in [-0.1, -0.05) is 6.07 Å². The van der Waals surface area contributed by atoms with Gasteiger partial charge in [0.2, 0.25) is 5.88 Å². The van der Waals surface area contributed by atoms with Crippen LogP contribution in [0.1, 0.15) is 5.82 Å². The van der Waals surface area contributed by atoms with E-state index in [4.69, 9.17) is 10.5 Å². The van der Waals surface area contributed by atoms with Crippen molar-refractivity contribution in [3.8, 4) is 11.6 Å². The number of ether oxygens (including phenoxy) is 1. The Hall–Kier alpha value is -2.30. The number of hydrogen-bond donors (Lipinski definition) is 2. The minimum atomic E-state index is -0.244. The Kier molecular flexibility index (Phi) is 2.59. The summed E-state index contributed by atoms with van der Waals surface area (Å²) in [6, 6.07) is 8.22. The van der Waals surface area contributed by atoms with Crippen LogP contribution in [0.15, 0.2) is 35.1 Å². The van der Waals surface area contributed by atoms with Crippen LogP contribution >= 0.6 is 0 Å². The van der Waals surface area contributed by atoms with Crippen molar-refractivity contribution >= 4 is 5.69 Å². The van der Waals surface area contributed by atoms with Crippen LogP contribution < -0.4 is 16.0 Å². The fourth-order valence-corrected chi connectivity index (χ4v) is 1.30. The molecule has 0 spiro atoms. The van der Waals surface area contributed by atoms with E-state index in [1.54, 1.807) is 31.2 Å². The molecule has 0 unspecified atom stereocenters. The third-order valence-electron chi connectivity index (χ3n) is 1.92. The lowest BCUT2D eigenvalue weighted by Gasteiger charge is -2.05. The van der Waals surface area contributed by atoms with Gasteiger partial charge in [0.25, 0.3) is 5.56 Å². The number of nitrogens with one attached hydrogen (secondary N) is 1. The summed E-state index contributed by atoms with van der Waals surface area (Å²) in [5.41, 5.74) is 5.96. The van der Waals surface area contributed by atoms with Gasteiger partial charge in [0.05, 0.1) is 6.07 Å². The summed E-state index contributed by atoms with van der Waals surface area (Å²) in [5.74, 6) is 1.32. The van der Waals surface area contributed by atoms with Gasteiger partial charge in [-0.25, -0.2) is 4.98 Å². The largest absolute Gasteiger partial charge is 0.439 e. The Morgan fingerprint density at radius 1 is 1.38 bits per heavy atom. The molecule has 0 amide bonds. The standard InChI is InChI=1S/C11H11N3O2/c1-7-13-10(15)6-11(14-7)16-9-4-2-3-8(12)5-9/h2-6H,12H2,1H3,(H,13,14,15). The van der Waals surface area contributed by atoms with Gasteiger partial charge in [-0.3, -0.25) is 4.79 Å². The highest BCUT2D eigenvalue weighted by molar-refractivity contribution is 5.44. The summed E-state index contributed by atoms with van der Waals surface area (Å²) < 4.78 is 5.41. The number of nitrogens with zero attached hydrogens (tertiary/aromatic N) is 1. The number of hydrogen-bond acceptors (Lipinski definition) is 4. The third kappa shape index (κ3) is 2.38. The van der Waals surface area contributed by atoms with Gasteiger partial charge in [0, 0.05) is 11.8 Å². The molecule has 3 N–H and O–H groups in total. The van der Waals surface area contributed by atoms with E-state index in [2.05, 4.69) is 9.97 Å². The zero-order valence-electron chi connectivity index (χ0n) is 8.73. The van der Waals surface area contributed by atoms with Gasteiger partial charge in [-0.05, 0) is 19.1 Å². The molecule has 5 heteroatoms. The molecule has 0 bridgehead atoms. The maximum Gasteiger partial charge on any atom is 0.254 e. The fourth-order valence-electron chi connectivity index (χ4n) is 1.30. The van der Waals surface area contributed by atoms with E-state index in [9.17, 15) is 4.79 Å². The molecule has 5 nitrogen and oxygen atoms in total. The molecule has 0 aliphatic rings. The van der Waals surface area contributed by atoms with Crippen LogP contribution in [0.3, 0.4) is 0 Å². The molecule has 0 aliphatic carbocycles. The second-order valence-electron chi connectivity index (χ2n) is 3.34. The van der Waals surface area contributed by atoms with Crippen LogP contribution in [-0.4, -0.2) is 9.97 Å². The van der Waals surface area contributed by atoms with Crippen LogP contribution in [0.25, 0.3) is 0 Å². The van der Waals surface area contributed by atoms with E-state index in [-0.39, 0.29) is 11.4 Å². The number of aryl methyl sites for hydroxylation is 1. The Bertz CT molecular complexity index is 563. The van der Waals surface area contributed by atoms with Crippen molar-refractivity contribution in [1.82, 2.24) is 9.97 Å². The van der Waals surface area contributed by atoms with E-state index in [0.717, 1.165) is 0 Å². The van der Waals surface area contributed by atoms with Crippen molar-refractivity contribution < 1.29 is 4.74 Å². The number of nitrogens with two attached hydrogens (primary N) is 1. The second-order valence-corrected chi connectivity index (χ2v) is 3.34. The van der Waals surface area contributed by atoms with E-state index in [1.165, 1.54) is 6.07 Å². The van der Waals surface area contributed by atoms with Crippen molar-refractivity contribution in [3.05, 3.63) is 46.5 Å². The van der Waals surface area contributed by atoms with Crippen LogP contribution in [0, 0.1) is 6.92 Å². The summed E-state index contributed by atoms with van der Waals surface area (Å²) in [4.78, 5) is 17.7. The van der Waals surface area contributed by atoms with E-state index in [1.807, 2.05) is 0 Å². The highest BCUT2D eigenvalue weighted by Crippen LogP contribution is 2.20. The van der Waals surface area contributed by atoms with Gasteiger partial charge in [-0.2, -0.15) is 0 Å². The second kappa shape index (κ2) is 4.06. The maximum atomic E-state index is 11.2. The Morgan fingerprint density at radius 3 is 2.88 bits per heavy atom. The Morgan fingerprint density at radius 2 is 2.19 bits per heavy atom. The number of aromatic amines is 1. The molecule has 82 valence electrons. The first kappa shape index (κ1) is 10.2. The van der Waals surface area contributed by atoms with Crippen molar-refractivity contribution in [3.63, 3.8) is 0 Å². The van der Waals surface area contributed by atoms with Gasteiger partial charge < -0.3 is 15.5 Å². The SMILES string of the molecule is Cc1nc(Oc2cccc(N)c2)cc(=O)[nH]1. The van der Waals surface area contributed by atoms with E-state index >= 15 is 0 Å². The number of H-pyrrole nitrogens is 1. The molecule has 0 radical (unpaired) electrons. The van der Waals surface area contributed by atoms with E-state index < -0.39 is 0 Å². The smallest absolute Gasteiger partial charge is 0.254 e. The quantitative estimate of drug-likeness (QED) is 0.746. The first-order valence-corrected chi connectivity index (χ1v) is 4.75. The van der Waals surface area contributed by atoms with Crippen molar-refractivity contribution in [1.29, 1.82) is 0 Å². The van der Waals surface area contributed by atoms with Gasteiger partial charge in [0.15, 0.2) is 0 Å². The van der Waals surface area contributed by atoms with Crippen LogP contribution in [0.4, 0.5) is 5.69 Å². The van der Waals surface area contributed by atoms with Crippen LogP contribution in [0.2, 0.25) is 0 Å². The minimum absolute atomic E-state index is 0.244. The predicted octanol–water partition coefficient (Wildman–Crippen LogP) is 1.45. The molecule has 0 saturated carbocycles. The first-order chi connectivity index (χ1) is 7.63. The average molecular weight is 217 g/mol. The highest BCUT2D eigenvalue weighted by Gasteiger charge is 2.01. The van der Waals surface area contributed by atoms with Crippen molar-refractivity contribution in [2.24, 2.45) is 0 Å². The number of anilines is 1. The molecule has 0 fully saturated rings. The molecule has 0 aliphatic heterocycles. The van der Waals surface area contributed by atoms with Gasteiger partial charge in [-0.15, -0.1) is 0 Å². The molecule has 1 heterocycles. The van der Waals surface area contributed by atoms with E-state index in [0.29, 0.717) is 17.3 Å². The zero-order chi connectivity index (χ0) is 11.5. The predicted molar refractivity (Wildman–Crippen MR) is 60.5 cm³/mol. The summed E-state index contributed by atoms with van der Waals surface area (Å²) in [7, 11) is 0. The molecule has 1 aromatic carbocycles. The number of rotatable bonds is 2. The molecular formula is C11H11N3O2. The monoisotopic (exact) mass is 217 g/mol. The maximum absolute atomic E-state index is 11.2. The lowest BCUT2D eigenvalue weighted by atomic mass is 10.3. The van der Waals surface area contributed by atoms with Gasteiger partial charge >= 0.3 is 0 Å². The molecule has 0 atom stereocenters. The van der Waals surface area contributed by atoms with Crippen molar-refractivity contribution in [2.75, 3.05) is 5.73 Å².